The third-order valence-corrected chi connectivity index (χ3v) is 4.10. The lowest BCUT2D eigenvalue weighted by atomic mass is 9.84. The van der Waals surface area contributed by atoms with E-state index < -0.39 is 29.6 Å². The van der Waals surface area contributed by atoms with E-state index in [2.05, 4.69) is 0 Å². The van der Waals surface area contributed by atoms with E-state index in [9.17, 15) is 14.4 Å². The van der Waals surface area contributed by atoms with Crippen molar-refractivity contribution in [2.75, 3.05) is 13.7 Å². The van der Waals surface area contributed by atoms with Gasteiger partial charge in [0, 0.05) is 13.0 Å². The van der Waals surface area contributed by atoms with E-state index in [0.29, 0.717) is 6.42 Å². The number of piperidine rings is 1. The SMILES string of the molecule is COC(=O)C1C(=O)CCN(C(=O)OC(C)(C)C)C1Cc1ccccc1. The van der Waals surface area contributed by atoms with Crippen LogP contribution in [0.25, 0.3) is 0 Å². The van der Waals surface area contributed by atoms with Gasteiger partial charge in [-0.3, -0.25) is 9.59 Å². The van der Waals surface area contributed by atoms with Gasteiger partial charge in [0.15, 0.2) is 5.78 Å². The zero-order valence-electron chi connectivity index (χ0n) is 15.2. The predicted molar refractivity (Wildman–Crippen MR) is 92.0 cm³/mol. The third kappa shape index (κ3) is 4.81. The molecule has 0 aliphatic carbocycles. The lowest BCUT2D eigenvalue weighted by molar-refractivity contribution is -0.154. The molecule has 0 bridgehead atoms. The van der Waals surface area contributed by atoms with Gasteiger partial charge in [-0.1, -0.05) is 30.3 Å². The molecule has 1 amide bonds. The first-order chi connectivity index (χ1) is 11.7. The molecule has 6 heteroatoms. The Balaban J connectivity index is 2.33. The average Bonchev–Trinajstić information content (AvgIpc) is 2.53. The molecule has 1 aromatic rings. The van der Waals surface area contributed by atoms with Crippen molar-refractivity contribution in [3.63, 3.8) is 0 Å². The minimum absolute atomic E-state index is 0.115. The number of benzene rings is 1. The number of carbonyl (C=O) groups is 3. The van der Waals surface area contributed by atoms with Crippen LogP contribution in [-0.2, 0) is 25.5 Å². The maximum absolute atomic E-state index is 12.6. The number of carbonyl (C=O) groups excluding carboxylic acids is 3. The number of likely N-dealkylation sites (tertiary alicyclic amines) is 1. The summed E-state index contributed by atoms with van der Waals surface area (Å²) in [4.78, 5) is 38.7. The number of ether oxygens (including phenoxy) is 2. The van der Waals surface area contributed by atoms with Crippen LogP contribution < -0.4 is 0 Å². The Morgan fingerprint density at radius 1 is 1.20 bits per heavy atom. The van der Waals surface area contributed by atoms with Crippen molar-refractivity contribution >= 4 is 17.8 Å². The molecule has 1 aliphatic rings. The molecule has 0 N–H and O–H groups in total. The largest absolute Gasteiger partial charge is 0.468 e. The summed E-state index contributed by atoms with van der Waals surface area (Å²) in [5.41, 5.74) is 0.279. The maximum atomic E-state index is 12.6. The molecule has 1 heterocycles. The van der Waals surface area contributed by atoms with Crippen molar-refractivity contribution in [2.24, 2.45) is 5.92 Å². The molecule has 1 saturated heterocycles. The first-order valence-electron chi connectivity index (χ1n) is 8.37. The summed E-state index contributed by atoms with van der Waals surface area (Å²) in [6, 6.07) is 8.84. The van der Waals surface area contributed by atoms with Crippen LogP contribution in [0.1, 0.15) is 32.8 Å². The maximum Gasteiger partial charge on any atom is 0.410 e. The van der Waals surface area contributed by atoms with E-state index >= 15 is 0 Å². The summed E-state index contributed by atoms with van der Waals surface area (Å²) in [7, 11) is 1.25. The average molecular weight is 347 g/mol. The lowest BCUT2D eigenvalue weighted by Crippen LogP contribution is -2.56. The molecule has 2 atom stereocenters. The van der Waals surface area contributed by atoms with E-state index in [1.807, 2.05) is 30.3 Å². The molecule has 0 radical (unpaired) electrons. The Morgan fingerprint density at radius 3 is 2.40 bits per heavy atom. The standard InChI is InChI=1S/C19H25NO5/c1-19(2,3)25-18(23)20-11-10-15(21)16(17(22)24-4)14(20)12-13-8-6-5-7-9-13/h5-9,14,16H,10-12H2,1-4H3. The number of nitrogens with zero attached hydrogens (tertiary/aromatic N) is 1. The van der Waals surface area contributed by atoms with Gasteiger partial charge in [-0.2, -0.15) is 0 Å². The molecule has 2 rings (SSSR count). The van der Waals surface area contributed by atoms with Crippen molar-refractivity contribution in [1.82, 2.24) is 4.90 Å². The zero-order chi connectivity index (χ0) is 18.6. The highest BCUT2D eigenvalue weighted by Gasteiger charge is 2.45. The first kappa shape index (κ1) is 19.0. The highest BCUT2D eigenvalue weighted by Crippen LogP contribution is 2.27. The Hall–Kier alpha value is -2.37. The fourth-order valence-electron chi connectivity index (χ4n) is 2.99. The molecule has 1 fully saturated rings. The molecule has 1 aliphatic heterocycles. The van der Waals surface area contributed by atoms with Gasteiger partial charge >= 0.3 is 12.1 Å². The van der Waals surface area contributed by atoms with Crippen LogP contribution in [0.4, 0.5) is 4.79 Å². The summed E-state index contributed by atoms with van der Waals surface area (Å²) in [6.45, 7) is 5.58. The van der Waals surface area contributed by atoms with E-state index in [1.165, 1.54) is 12.0 Å². The summed E-state index contributed by atoms with van der Waals surface area (Å²) >= 11 is 0. The van der Waals surface area contributed by atoms with E-state index in [4.69, 9.17) is 9.47 Å². The van der Waals surface area contributed by atoms with Crippen LogP contribution in [0, 0.1) is 5.92 Å². The number of Topliss-reactive ketones (excluding diaryl/α,β-unsaturated/α-hetero) is 1. The molecular formula is C19H25NO5. The second-order valence-electron chi connectivity index (χ2n) is 7.15. The number of esters is 1. The molecule has 2 unspecified atom stereocenters. The van der Waals surface area contributed by atoms with Gasteiger partial charge in [0.1, 0.15) is 11.5 Å². The molecule has 136 valence electrons. The molecular weight excluding hydrogens is 322 g/mol. The highest BCUT2D eigenvalue weighted by molar-refractivity contribution is 6.01. The normalized spacial score (nSPS) is 21.0. The number of amides is 1. The van der Waals surface area contributed by atoms with Crippen LogP contribution in [0.3, 0.4) is 0 Å². The minimum atomic E-state index is -0.994. The fraction of sp³-hybridized carbons (Fsp3) is 0.526. The number of hydrogen-bond acceptors (Lipinski definition) is 5. The summed E-state index contributed by atoms with van der Waals surface area (Å²) in [6.07, 6.45) is -0.0228. The molecule has 1 aromatic carbocycles. The molecule has 25 heavy (non-hydrogen) atoms. The molecule has 0 saturated carbocycles. The second-order valence-corrected chi connectivity index (χ2v) is 7.15. The van der Waals surface area contributed by atoms with Crippen LogP contribution >= 0.6 is 0 Å². The first-order valence-corrected chi connectivity index (χ1v) is 8.37. The molecule has 6 nitrogen and oxygen atoms in total. The Bertz CT molecular complexity index is 627. The summed E-state index contributed by atoms with van der Waals surface area (Å²) in [5.74, 6) is -1.81. The van der Waals surface area contributed by atoms with Gasteiger partial charge in [-0.05, 0) is 32.8 Å². The van der Waals surface area contributed by atoms with E-state index in [0.717, 1.165) is 5.56 Å². The number of methoxy groups -OCH3 is 1. The van der Waals surface area contributed by atoms with Crippen molar-refractivity contribution in [3.05, 3.63) is 35.9 Å². The summed E-state index contributed by atoms with van der Waals surface area (Å²) in [5, 5.41) is 0. The van der Waals surface area contributed by atoms with E-state index in [1.54, 1.807) is 20.8 Å². The fourth-order valence-corrected chi connectivity index (χ4v) is 2.99. The third-order valence-electron chi connectivity index (χ3n) is 4.10. The quantitative estimate of drug-likeness (QED) is 0.621. The van der Waals surface area contributed by atoms with Crippen molar-refractivity contribution < 1.29 is 23.9 Å². The Labute approximate surface area is 148 Å². The Kier molecular flexibility index (Phi) is 5.82. The van der Waals surface area contributed by atoms with Crippen molar-refractivity contribution in [3.8, 4) is 0 Å². The zero-order valence-corrected chi connectivity index (χ0v) is 15.2. The minimum Gasteiger partial charge on any atom is -0.468 e. The van der Waals surface area contributed by atoms with Crippen LogP contribution in [0.5, 0.6) is 0 Å². The smallest absolute Gasteiger partial charge is 0.410 e. The summed E-state index contributed by atoms with van der Waals surface area (Å²) < 4.78 is 10.3. The van der Waals surface area contributed by atoms with Crippen molar-refractivity contribution in [2.45, 2.75) is 45.3 Å². The van der Waals surface area contributed by atoms with Crippen LogP contribution in [0.2, 0.25) is 0 Å². The predicted octanol–water partition coefficient (Wildman–Crippen LogP) is 2.60. The van der Waals surface area contributed by atoms with Gasteiger partial charge in [-0.15, -0.1) is 0 Å². The van der Waals surface area contributed by atoms with Crippen LogP contribution in [-0.4, -0.2) is 48.0 Å². The highest BCUT2D eigenvalue weighted by atomic mass is 16.6. The number of hydrogen-bond donors (Lipinski definition) is 0. The van der Waals surface area contributed by atoms with Crippen molar-refractivity contribution in [1.29, 1.82) is 0 Å². The molecule has 0 spiro atoms. The monoisotopic (exact) mass is 347 g/mol. The topological polar surface area (TPSA) is 72.9 Å². The number of rotatable bonds is 3. The lowest BCUT2D eigenvalue weighted by Gasteiger charge is -2.39. The van der Waals surface area contributed by atoms with Gasteiger partial charge in [0.25, 0.3) is 0 Å². The van der Waals surface area contributed by atoms with Crippen LogP contribution in [0.15, 0.2) is 30.3 Å². The second kappa shape index (κ2) is 7.68. The number of ketones is 1. The van der Waals surface area contributed by atoms with E-state index in [-0.39, 0.29) is 18.7 Å². The van der Waals surface area contributed by atoms with Gasteiger partial charge in [0.2, 0.25) is 0 Å². The van der Waals surface area contributed by atoms with Gasteiger partial charge in [-0.25, -0.2) is 4.79 Å². The van der Waals surface area contributed by atoms with Gasteiger partial charge < -0.3 is 14.4 Å². The van der Waals surface area contributed by atoms with Gasteiger partial charge in [0.05, 0.1) is 13.2 Å². The Morgan fingerprint density at radius 2 is 1.84 bits per heavy atom. The molecule has 0 aromatic heterocycles.